The molecule has 182 valence electrons. The zero-order valence-electron chi connectivity index (χ0n) is 19.4. The highest BCUT2D eigenvalue weighted by Crippen LogP contribution is 2.39. The molecule has 7 nitrogen and oxygen atoms in total. The number of phenolic OH excluding ortho intramolecular Hbond substituents is 1. The number of benzene rings is 3. The molecule has 0 aliphatic carbocycles. The van der Waals surface area contributed by atoms with Crippen LogP contribution in [0.3, 0.4) is 0 Å². The normalized spacial score (nSPS) is 11.4. The van der Waals surface area contributed by atoms with E-state index < -0.39 is 5.92 Å². The topological polar surface area (TPSA) is 95.8 Å². The minimum Gasteiger partial charge on any atom is -0.507 e. The molecule has 0 aliphatic heterocycles. The summed E-state index contributed by atoms with van der Waals surface area (Å²) in [6.07, 6.45) is 0. The maximum Gasteiger partial charge on any atom is 0.275 e. The molecule has 0 saturated carbocycles. The fourth-order valence-corrected chi connectivity index (χ4v) is 6.47. The van der Waals surface area contributed by atoms with E-state index in [1.165, 1.54) is 9.36 Å². The Kier molecular flexibility index (Phi) is 6.68. The van der Waals surface area contributed by atoms with E-state index in [0.717, 1.165) is 3.57 Å². The summed E-state index contributed by atoms with van der Waals surface area (Å²) in [6, 6.07) is 22.3. The number of aryl methyl sites for hydroxylation is 2. The predicted octanol–water partition coefficient (Wildman–Crippen LogP) is 5.36. The second-order valence-electron chi connectivity index (χ2n) is 8.51. The summed E-state index contributed by atoms with van der Waals surface area (Å²) in [5.41, 5.74) is 3.38. The third-order valence-electron chi connectivity index (χ3n) is 6.21. The SMILES string of the molecule is Cc1[nH]n(-c2ccccc2)c(=O)c1C(c1cc(I)cc(I)c1O)c1c(C)[nH]n(-c2ccccc2)c1=O. The first-order valence-electron chi connectivity index (χ1n) is 11.2. The Morgan fingerprint density at radius 2 is 1.19 bits per heavy atom. The first-order valence-corrected chi connectivity index (χ1v) is 13.4. The van der Waals surface area contributed by atoms with Crippen LogP contribution in [0.15, 0.2) is 82.4 Å². The lowest BCUT2D eigenvalue weighted by molar-refractivity contribution is 0.463. The highest BCUT2D eigenvalue weighted by Gasteiger charge is 2.33. The molecule has 0 fully saturated rings. The Morgan fingerprint density at radius 1 is 0.750 bits per heavy atom. The fraction of sp³-hybridized carbons (Fsp3) is 0.111. The van der Waals surface area contributed by atoms with Crippen LogP contribution in [0.25, 0.3) is 11.4 Å². The van der Waals surface area contributed by atoms with Gasteiger partial charge in [0.15, 0.2) is 0 Å². The number of aromatic nitrogens is 4. The van der Waals surface area contributed by atoms with Crippen LogP contribution in [-0.4, -0.2) is 24.7 Å². The summed E-state index contributed by atoms with van der Waals surface area (Å²) < 4.78 is 4.49. The summed E-state index contributed by atoms with van der Waals surface area (Å²) in [7, 11) is 0. The van der Waals surface area contributed by atoms with Gasteiger partial charge in [-0.05, 0) is 95.4 Å². The zero-order valence-corrected chi connectivity index (χ0v) is 23.7. The quantitative estimate of drug-likeness (QED) is 0.215. The molecule has 3 N–H and O–H groups in total. The van der Waals surface area contributed by atoms with E-state index in [4.69, 9.17) is 0 Å². The number of nitrogens with zero attached hydrogens (tertiary/aromatic N) is 2. The summed E-state index contributed by atoms with van der Waals surface area (Å²) in [5, 5.41) is 17.5. The first kappa shape index (κ1) is 24.6. The second kappa shape index (κ2) is 9.77. The third-order valence-corrected chi connectivity index (χ3v) is 7.65. The van der Waals surface area contributed by atoms with Crippen LogP contribution in [-0.2, 0) is 0 Å². The molecule has 0 bridgehead atoms. The van der Waals surface area contributed by atoms with Crippen LogP contribution in [0, 0.1) is 21.0 Å². The molecule has 0 atom stereocenters. The summed E-state index contributed by atoms with van der Waals surface area (Å²) in [4.78, 5) is 27.8. The number of hydrogen-bond acceptors (Lipinski definition) is 3. The molecule has 5 rings (SSSR count). The lowest BCUT2D eigenvalue weighted by Gasteiger charge is -2.18. The van der Waals surface area contributed by atoms with Gasteiger partial charge in [0.1, 0.15) is 5.75 Å². The van der Waals surface area contributed by atoms with Crippen molar-refractivity contribution in [3.63, 3.8) is 0 Å². The van der Waals surface area contributed by atoms with Crippen molar-refractivity contribution >= 4 is 45.2 Å². The van der Waals surface area contributed by atoms with Gasteiger partial charge in [-0.2, -0.15) is 0 Å². The molecule has 5 aromatic rings. The van der Waals surface area contributed by atoms with Crippen molar-refractivity contribution in [2.24, 2.45) is 0 Å². The predicted molar refractivity (Wildman–Crippen MR) is 157 cm³/mol. The van der Waals surface area contributed by atoms with Crippen molar-refractivity contribution < 1.29 is 5.11 Å². The maximum absolute atomic E-state index is 13.9. The molecular formula is C27H22I2N4O3. The van der Waals surface area contributed by atoms with Crippen LogP contribution in [0.4, 0.5) is 0 Å². The Bertz CT molecular complexity index is 1580. The van der Waals surface area contributed by atoms with Gasteiger partial charge in [-0.15, -0.1) is 0 Å². The molecule has 0 radical (unpaired) electrons. The number of halogens is 2. The molecule has 3 aromatic carbocycles. The average molecular weight is 704 g/mol. The smallest absolute Gasteiger partial charge is 0.275 e. The van der Waals surface area contributed by atoms with Crippen molar-refractivity contribution in [2.45, 2.75) is 19.8 Å². The van der Waals surface area contributed by atoms with Gasteiger partial charge in [0.05, 0.1) is 32.0 Å². The van der Waals surface area contributed by atoms with E-state index in [9.17, 15) is 14.7 Å². The Labute approximate surface area is 234 Å². The molecule has 0 aliphatic rings. The van der Waals surface area contributed by atoms with Crippen molar-refractivity contribution in [1.82, 2.24) is 19.6 Å². The lowest BCUT2D eigenvalue weighted by Crippen LogP contribution is -2.25. The number of para-hydroxylation sites is 2. The highest BCUT2D eigenvalue weighted by atomic mass is 127. The van der Waals surface area contributed by atoms with E-state index in [2.05, 4.69) is 55.4 Å². The van der Waals surface area contributed by atoms with Crippen LogP contribution in [0.5, 0.6) is 5.75 Å². The molecule has 36 heavy (non-hydrogen) atoms. The average Bonchev–Trinajstić information content (AvgIpc) is 3.33. The Balaban J connectivity index is 1.83. The highest BCUT2D eigenvalue weighted by molar-refractivity contribution is 14.1. The van der Waals surface area contributed by atoms with Gasteiger partial charge in [0.2, 0.25) is 0 Å². The van der Waals surface area contributed by atoms with E-state index in [1.807, 2.05) is 86.6 Å². The molecule has 0 spiro atoms. The van der Waals surface area contributed by atoms with Gasteiger partial charge in [-0.25, -0.2) is 9.36 Å². The van der Waals surface area contributed by atoms with Crippen molar-refractivity contribution in [2.75, 3.05) is 0 Å². The molecule has 0 saturated heterocycles. The van der Waals surface area contributed by atoms with Gasteiger partial charge < -0.3 is 5.11 Å². The van der Waals surface area contributed by atoms with E-state index in [-0.39, 0.29) is 16.9 Å². The Hall–Kier alpha value is -3.06. The maximum atomic E-state index is 13.9. The third kappa shape index (κ3) is 4.23. The van der Waals surface area contributed by atoms with E-state index >= 15 is 0 Å². The second-order valence-corrected chi connectivity index (χ2v) is 10.9. The van der Waals surface area contributed by atoms with E-state index in [0.29, 0.717) is 43.0 Å². The minimum absolute atomic E-state index is 0.0542. The largest absolute Gasteiger partial charge is 0.507 e. The number of H-pyrrole nitrogens is 2. The molecule has 9 heteroatoms. The number of phenols is 1. The van der Waals surface area contributed by atoms with Gasteiger partial charge in [0.25, 0.3) is 11.1 Å². The number of aromatic hydroxyl groups is 1. The molecule has 2 aromatic heterocycles. The summed E-state index contributed by atoms with van der Waals surface area (Å²) in [6.45, 7) is 3.63. The van der Waals surface area contributed by atoms with Crippen LogP contribution < -0.4 is 11.1 Å². The van der Waals surface area contributed by atoms with Gasteiger partial charge in [-0.3, -0.25) is 19.8 Å². The van der Waals surface area contributed by atoms with Crippen molar-refractivity contribution in [3.05, 3.63) is 129 Å². The van der Waals surface area contributed by atoms with Crippen LogP contribution in [0.2, 0.25) is 0 Å². The zero-order chi connectivity index (χ0) is 25.6. The standard InChI is InChI=1S/C27H22I2N4O3/c1-15-22(26(35)32(30-15)18-9-5-3-6-10-18)24(20-13-17(28)14-21(29)25(20)34)23-16(2)31-33(27(23)36)19-11-7-4-8-12-19/h3-14,24,30-31,34H,1-2H3. The van der Waals surface area contributed by atoms with E-state index in [1.54, 1.807) is 0 Å². The van der Waals surface area contributed by atoms with Gasteiger partial charge >= 0.3 is 0 Å². The Morgan fingerprint density at radius 3 is 1.64 bits per heavy atom. The summed E-state index contributed by atoms with van der Waals surface area (Å²) >= 11 is 4.26. The minimum atomic E-state index is -0.796. The van der Waals surface area contributed by atoms with Gasteiger partial charge in [0, 0.05) is 20.5 Å². The van der Waals surface area contributed by atoms with Crippen LogP contribution in [0.1, 0.15) is 34.0 Å². The fourth-order valence-electron chi connectivity index (χ4n) is 4.58. The van der Waals surface area contributed by atoms with Crippen molar-refractivity contribution in [3.8, 4) is 17.1 Å². The number of hydrogen-bond donors (Lipinski definition) is 3. The van der Waals surface area contributed by atoms with Crippen LogP contribution >= 0.6 is 45.2 Å². The number of nitrogens with one attached hydrogen (secondary N) is 2. The van der Waals surface area contributed by atoms with Crippen molar-refractivity contribution in [1.29, 1.82) is 0 Å². The lowest BCUT2D eigenvalue weighted by atomic mass is 9.85. The first-order chi connectivity index (χ1) is 17.3. The molecule has 2 heterocycles. The number of rotatable bonds is 5. The summed E-state index contributed by atoms with van der Waals surface area (Å²) in [5.74, 6) is -0.741. The van der Waals surface area contributed by atoms with Gasteiger partial charge in [-0.1, -0.05) is 36.4 Å². The molecular weight excluding hydrogens is 682 g/mol. The molecule has 0 unspecified atom stereocenters. The molecule has 0 amide bonds. The monoisotopic (exact) mass is 704 g/mol. The number of aromatic amines is 2.